The zero-order valence-electron chi connectivity index (χ0n) is 12.1. The average molecular weight is 263 g/mol. The summed E-state index contributed by atoms with van der Waals surface area (Å²) < 4.78 is 5.26. The molecule has 106 valence electrons. The Morgan fingerprint density at radius 2 is 2.21 bits per heavy atom. The van der Waals surface area contributed by atoms with Gasteiger partial charge in [-0.2, -0.15) is 0 Å². The molecular formula is C16H25NO2. The summed E-state index contributed by atoms with van der Waals surface area (Å²) >= 11 is 0. The van der Waals surface area contributed by atoms with Gasteiger partial charge >= 0.3 is 0 Å². The van der Waals surface area contributed by atoms with E-state index in [1.54, 1.807) is 7.11 Å². The number of ether oxygens (including phenoxy) is 1. The van der Waals surface area contributed by atoms with Crippen molar-refractivity contribution in [1.82, 2.24) is 0 Å². The van der Waals surface area contributed by atoms with Crippen LogP contribution in [0.2, 0.25) is 0 Å². The minimum absolute atomic E-state index is 0.176. The van der Waals surface area contributed by atoms with Crippen molar-refractivity contribution >= 4 is 5.69 Å². The van der Waals surface area contributed by atoms with Crippen LogP contribution in [0, 0.1) is 11.8 Å². The third-order valence-electron chi connectivity index (χ3n) is 4.75. The van der Waals surface area contributed by atoms with E-state index in [4.69, 9.17) is 4.74 Å². The van der Waals surface area contributed by atoms with Gasteiger partial charge in [0.2, 0.25) is 0 Å². The molecule has 0 radical (unpaired) electrons. The van der Waals surface area contributed by atoms with Gasteiger partial charge in [-0.25, -0.2) is 0 Å². The molecule has 0 aliphatic heterocycles. The molecule has 1 aliphatic rings. The predicted molar refractivity (Wildman–Crippen MR) is 78.6 cm³/mol. The summed E-state index contributed by atoms with van der Waals surface area (Å²) in [4.78, 5) is 0. The zero-order chi connectivity index (χ0) is 13.9. The lowest BCUT2D eigenvalue weighted by Gasteiger charge is -2.46. The normalized spacial score (nSPS) is 30.9. The lowest BCUT2D eigenvalue weighted by atomic mass is 9.68. The monoisotopic (exact) mass is 263 g/mol. The van der Waals surface area contributed by atoms with Gasteiger partial charge in [0.25, 0.3) is 0 Å². The predicted octanol–water partition coefficient (Wildman–Crippen LogP) is 3.29. The fourth-order valence-corrected chi connectivity index (χ4v) is 3.19. The summed E-state index contributed by atoms with van der Waals surface area (Å²) in [5.41, 5.74) is 0.818. The van der Waals surface area contributed by atoms with Crippen LogP contribution in [-0.2, 0) is 0 Å². The van der Waals surface area contributed by atoms with Gasteiger partial charge in [0.1, 0.15) is 5.75 Å². The second-order valence-electron chi connectivity index (χ2n) is 5.83. The first kappa shape index (κ1) is 14.2. The maximum atomic E-state index is 9.92. The molecule has 3 heteroatoms. The van der Waals surface area contributed by atoms with E-state index in [2.05, 4.69) is 19.2 Å². The Morgan fingerprint density at radius 3 is 2.89 bits per heavy atom. The van der Waals surface area contributed by atoms with E-state index >= 15 is 0 Å². The van der Waals surface area contributed by atoms with Crippen LogP contribution < -0.4 is 10.1 Å². The molecule has 1 fully saturated rings. The van der Waals surface area contributed by atoms with Crippen LogP contribution in [0.25, 0.3) is 0 Å². The number of benzene rings is 1. The summed E-state index contributed by atoms with van der Waals surface area (Å²) in [5, 5.41) is 13.5. The van der Waals surface area contributed by atoms with Crippen molar-refractivity contribution in [3.63, 3.8) is 0 Å². The SMILES string of the molecule is COc1cccc(NC2(CO)CCCC(C)C2C)c1. The Balaban J connectivity index is 2.21. The first-order chi connectivity index (χ1) is 9.11. The van der Waals surface area contributed by atoms with E-state index in [0.29, 0.717) is 11.8 Å². The largest absolute Gasteiger partial charge is 0.497 e. The number of rotatable bonds is 4. The zero-order valence-corrected chi connectivity index (χ0v) is 12.1. The molecule has 19 heavy (non-hydrogen) atoms. The Labute approximate surface area is 116 Å². The molecule has 1 saturated carbocycles. The Hall–Kier alpha value is -1.22. The maximum Gasteiger partial charge on any atom is 0.120 e. The van der Waals surface area contributed by atoms with E-state index in [9.17, 15) is 5.11 Å². The molecular weight excluding hydrogens is 238 g/mol. The van der Waals surface area contributed by atoms with Crippen LogP contribution in [0.5, 0.6) is 5.75 Å². The van der Waals surface area contributed by atoms with Crippen molar-refractivity contribution in [3.8, 4) is 5.75 Å². The minimum Gasteiger partial charge on any atom is -0.497 e. The highest BCUT2D eigenvalue weighted by Gasteiger charge is 2.41. The number of methoxy groups -OCH3 is 1. The minimum atomic E-state index is -0.204. The highest BCUT2D eigenvalue weighted by molar-refractivity contribution is 5.50. The first-order valence-corrected chi connectivity index (χ1v) is 7.14. The third-order valence-corrected chi connectivity index (χ3v) is 4.75. The van der Waals surface area contributed by atoms with Gasteiger partial charge in [-0.1, -0.05) is 32.8 Å². The molecule has 1 aromatic rings. The quantitative estimate of drug-likeness (QED) is 0.876. The highest BCUT2D eigenvalue weighted by atomic mass is 16.5. The summed E-state index contributed by atoms with van der Waals surface area (Å²) in [6, 6.07) is 7.93. The molecule has 3 nitrogen and oxygen atoms in total. The standard InChI is InChI=1S/C16H25NO2/c1-12-6-5-9-16(11-18,13(12)2)17-14-7-4-8-15(10-14)19-3/h4,7-8,10,12-13,17-18H,5-6,9,11H2,1-3H3. The van der Waals surface area contributed by atoms with E-state index in [0.717, 1.165) is 17.9 Å². The summed E-state index contributed by atoms with van der Waals surface area (Å²) in [5.74, 6) is 1.94. The van der Waals surface area contributed by atoms with Crippen molar-refractivity contribution in [2.45, 2.75) is 38.6 Å². The fraction of sp³-hybridized carbons (Fsp3) is 0.625. The Bertz CT molecular complexity index is 421. The molecule has 0 saturated heterocycles. The van der Waals surface area contributed by atoms with Crippen LogP contribution in [0.1, 0.15) is 33.1 Å². The van der Waals surface area contributed by atoms with Gasteiger partial charge in [-0.05, 0) is 30.4 Å². The Kier molecular flexibility index (Phi) is 4.35. The molecule has 0 heterocycles. The molecule has 0 amide bonds. The van der Waals surface area contributed by atoms with Crippen LogP contribution in [0.4, 0.5) is 5.69 Å². The number of hydrogen-bond donors (Lipinski definition) is 2. The fourth-order valence-electron chi connectivity index (χ4n) is 3.19. The van der Waals surface area contributed by atoms with Crippen LogP contribution in [0.3, 0.4) is 0 Å². The molecule has 1 aliphatic carbocycles. The molecule has 2 rings (SSSR count). The van der Waals surface area contributed by atoms with Gasteiger partial charge in [-0.3, -0.25) is 0 Å². The van der Waals surface area contributed by atoms with E-state index in [1.807, 2.05) is 24.3 Å². The molecule has 3 unspecified atom stereocenters. The molecule has 3 atom stereocenters. The number of aliphatic hydroxyl groups is 1. The first-order valence-electron chi connectivity index (χ1n) is 7.14. The number of nitrogens with one attached hydrogen (secondary N) is 1. The van der Waals surface area contributed by atoms with Crippen molar-refractivity contribution < 1.29 is 9.84 Å². The number of anilines is 1. The van der Waals surface area contributed by atoms with E-state index in [1.165, 1.54) is 12.8 Å². The summed E-state index contributed by atoms with van der Waals surface area (Å²) in [6.07, 6.45) is 3.44. The lowest BCUT2D eigenvalue weighted by Crippen LogP contribution is -2.52. The highest BCUT2D eigenvalue weighted by Crippen LogP contribution is 2.40. The van der Waals surface area contributed by atoms with E-state index < -0.39 is 0 Å². The van der Waals surface area contributed by atoms with Crippen LogP contribution >= 0.6 is 0 Å². The van der Waals surface area contributed by atoms with Crippen molar-refractivity contribution in [2.24, 2.45) is 11.8 Å². The maximum absolute atomic E-state index is 9.92. The molecule has 0 spiro atoms. The van der Waals surface area contributed by atoms with E-state index in [-0.39, 0.29) is 12.1 Å². The van der Waals surface area contributed by atoms with Crippen molar-refractivity contribution in [1.29, 1.82) is 0 Å². The molecule has 0 aromatic heterocycles. The molecule has 2 N–H and O–H groups in total. The van der Waals surface area contributed by atoms with Crippen LogP contribution in [0.15, 0.2) is 24.3 Å². The lowest BCUT2D eigenvalue weighted by molar-refractivity contribution is 0.0925. The number of hydrogen-bond acceptors (Lipinski definition) is 3. The van der Waals surface area contributed by atoms with Crippen molar-refractivity contribution in [2.75, 3.05) is 19.0 Å². The topological polar surface area (TPSA) is 41.5 Å². The van der Waals surface area contributed by atoms with Gasteiger partial charge in [0.15, 0.2) is 0 Å². The summed E-state index contributed by atoms with van der Waals surface area (Å²) in [7, 11) is 1.67. The average Bonchev–Trinajstić information content (AvgIpc) is 2.44. The Morgan fingerprint density at radius 1 is 1.42 bits per heavy atom. The second kappa shape index (κ2) is 5.83. The second-order valence-corrected chi connectivity index (χ2v) is 5.83. The van der Waals surface area contributed by atoms with Gasteiger partial charge in [0.05, 0.1) is 19.3 Å². The third kappa shape index (κ3) is 2.86. The number of aliphatic hydroxyl groups excluding tert-OH is 1. The smallest absolute Gasteiger partial charge is 0.120 e. The van der Waals surface area contributed by atoms with Gasteiger partial charge in [-0.15, -0.1) is 0 Å². The van der Waals surface area contributed by atoms with Crippen molar-refractivity contribution in [3.05, 3.63) is 24.3 Å². The van der Waals surface area contributed by atoms with Gasteiger partial charge in [0, 0.05) is 11.8 Å². The van der Waals surface area contributed by atoms with Gasteiger partial charge < -0.3 is 15.2 Å². The van der Waals surface area contributed by atoms with Crippen LogP contribution in [-0.4, -0.2) is 24.4 Å². The molecule has 0 bridgehead atoms. The summed E-state index contributed by atoms with van der Waals surface area (Å²) in [6.45, 7) is 4.70. The molecule has 1 aromatic carbocycles.